The van der Waals surface area contributed by atoms with Crippen molar-refractivity contribution in [2.45, 2.75) is 20.0 Å². The molecule has 0 aliphatic heterocycles. The van der Waals surface area contributed by atoms with Crippen LogP contribution in [0.25, 0.3) is 0 Å². The van der Waals surface area contributed by atoms with Crippen molar-refractivity contribution >= 4 is 34.3 Å². The fraction of sp³-hybridized carbons (Fsp3) is 0.176. The molecule has 0 aliphatic rings. The number of carboxylic acids is 1. The highest BCUT2D eigenvalue weighted by molar-refractivity contribution is 14.1. The van der Waals surface area contributed by atoms with Gasteiger partial charge in [0.25, 0.3) is 0 Å². The number of hydrogen-bond donors (Lipinski definition) is 1. The van der Waals surface area contributed by atoms with Crippen molar-refractivity contribution in [1.29, 1.82) is 0 Å². The lowest BCUT2D eigenvalue weighted by Crippen LogP contribution is -2.09. The molecule has 2 aromatic rings. The van der Waals surface area contributed by atoms with Crippen LogP contribution in [0.15, 0.2) is 42.5 Å². The van der Waals surface area contributed by atoms with Crippen LogP contribution < -0.4 is 4.74 Å². The van der Waals surface area contributed by atoms with Gasteiger partial charge >= 0.3 is 5.97 Å². The number of Topliss-reactive ketones (excluding diaryl/α,β-unsaturated/α-hetero) is 1. The third-order valence-corrected chi connectivity index (χ3v) is 3.94. The molecule has 0 bridgehead atoms. The van der Waals surface area contributed by atoms with Crippen LogP contribution in [0, 0.1) is 3.57 Å². The Labute approximate surface area is 142 Å². The highest BCUT2D eigenvalue weighted by Crippen LogP contribution is 2.26. The van der Waals surface area contributed by atoms with Gasteiger partial charge in [0.1, 0.15) is 12.4 Å². The summed E-state index contributed by atoms with van der Waals surface area (Å²) in [7, 11) is 0. The van der Waals surface area contributed by atoms with E-state index in [4.69, 9.17) is 9.84 Å². The number of carbonyl (C=O) groups is 2. The summed E-state index contributed by atoms with van der Waals surface area (Å²) in [5, 5.41) is 9.01. The lowest BCUT2D eigenvalue weighted by atomic mass is 10.0. The van der Waals surface area contributed by atoms with Crippen LogP contribution >= 0.6 is 22.6 Å². The van der Waals surface area contributed by atoms with Crippen molar-refractivity contribution in [3.8, 4) is 5.75 Å². The summed E-state index contributed by atoms with van der Waals surface area (Å²) < 4.78 is 6.42. The molecule has 0 radical (unpaired) electrons. The Kier molecular flexibility index (Phi) is 5.54. The van der Waals surface area contributed by atoms with Crippen LogP contribution in [0.4, 0.5) is 0 Å². The predicted octanol–water partition coefficient (Wildman–Crippen LogP) is 3.70. The normalized spacial score (nSPS) is 10.3. The SMILES string of the molecule is CC(=O)c1c(I)cc(OCc2ccccc2)cc1CC(=O)O. The minimum Gasteiger partial charge on any atom is -0.489 e. The van der Waals surface area contributed by atoms with E-state index in [1.54, 1.807) is 12.1 Å². The first kappa shape index (κ1) is 16.5. The molecule has 0 saturated carbocycles. The third-order valence-electron chi connectivity index (χ3n) is 3.09. The van der Waals surface area contributed by atoms with Crippen LogP contribution in [0.3, 0.4) is 0 Å². The molecule has 22 heavy (non-hydrogen) atoms. The maximum Gasteiger partial charge on any atom is 0.307 e. The Hall–Kier alpha value is -1.89. The molecule has 0 amide bonds. The molecular weight excluding hydrogens is 395 g/mol. The van der Waals surface area contributed by atoms with Crippen molar-refractivity contribution in [2.24, 2.45) is 0 Å². The Bertz CT molecular complexity index is 695. The number of benzene rings is 2. The number of carbonyl (C=O) groups excluding carboxylic acids is 1. The molecule has 114 valence electrons. The lowest BCUT2D eigenvalue weighted by Gasteiger charge is -2.12. The standard InChI is InChI=1S/C17H15IO4/c1-11(19)17-13(8-16(20)21)7-14(9-15(17)18)22-10-12-5-3-2-4-6-12/h2-7,9H,8,10H2,1H3,(H,20,21). The van der Waals surface area contributed by atoms with Gasteiger partial charge in [0.2, 0.25) is 0 Å². The number of halogens is 1. The zero-order valence-corrected chi connectivity index (χ0v) is 14.2. The van der Waals surface area contributed by atoms with Gasteiger partial charge in [0.15, 0.2) is 5.78 Å². The molecule has 0 unspecified atom stereocenters. The highest BCUT2D eigenvalue weighted by atomic mass is 127. The highest BCUT2D eigenvalue weighted by Gasteiger charge is 2.16. The average molecular weight is 410 g/mol. The number of carboxylic acid groups (broad SMARTS) is 1. The smallest absolute Gasteiger partial charge is 0.307 e. The Morgan fingerprint density at radius 3 is 2.45 bits per heavy atom. The molecule has 0 fully saturated rings. The van der Waals surface area contributed by atoms with E-state index in [1.165, 1.54) is 6.92 Å². The van der Waals surface area contributed by atoms with Gasteiger partial charge in [-0.1, -0.05) is 30.3 Å². The van der Waals surface area contributed by atoms with Crippen LogP contribution in [-0.2, 0) is 17.8 Å². The minimum absolute atomic E-state index is 0.143. The second kappa shape index (κ2) is 7.40. The summed E-state index contributed by atoms with van der Waals surface area (Å²) in [6.45, 7) is 1.83. The molecule has 0 heterocycles. The van der Waals surface area contributed by atoms with Crippen LogP contribution in [-0.4, -0.2) is 16.9 Å². The fourth-order valence-corrected chi connectivity index (χ4v) is 3.19. The second-order valence-corrected chi connectivity index (χ2v) is 6.00. The molecule has 4 nitrogen and oxygen atoms in total. The number of rotatable bonds is 6. The Balaban J connectivity index is 2.27. The zero-order valence-electron chi connectivity index (χ0n) is 12.0. The number of ether oxygens (including phenoxy) is 1. The van der Waals surface area contributed by atoms with Crippen molar-refractivity contribution < 1.29 is 19.4 Å². The van der Waals surface area contributed by atoms with E-state index in [-0.39, 0.29) is 12.2 Å². The summed E-state index contributed by atoms with van der Waals surface area (Å²) in [6, 6.07) is 13.1. The van der Waals surface area contributed by atoms with Gasteiger partial charge < -0.3 is 9.84 Å². The topological polar surface area (TPSA) is 63.6 Å². The first-order valence-corrected chi connectivity index (χ1v) is 7.77. The van der Waals surface area contributed by atoms with E-state index in [1.807, 2.05) is 52.9 Å². The molecule has 5 heteroatoms. The van der Waals surface area contributed by atoms with Crippen molar-refractivity contribution in [3.05, 3.63) is 62.7 Å². The van der Waals surface area contributed by atoms with Crippen LogP contribution in [0.2, 0.25) is 0 Å². The number of ketones is 1. The van der Waals surface area contributed by atoms with E-state index >= 15 is 0 Å². The second-order valence-electron chi connectivity index (χ2n) is 4.84. The first-order valence-electron chi connectivity index (χ1n) is 6.69. The molecule has 0 spiro atoms. The Morgan fingerprint density at radius 2 is 1.86 bits per heavy atom. The van der Waals surface area contributed by atoms with Gasteiger partial charge in [-0.2, -0.15) is 0 Å². The Morgan fingerprint density at radius 1 is 1.18 bits per heavy atom. The maximum atomic E-state index is 11.7. The largest absolute Gasteiger partial charge is 0.489 e. The zero-order chi connectivity index (χ0) is 16.1. The summed E-state index contributed by atoms with van der Waals surface area (Å²) in [6.07, 6.45) is -0.201. The summed E-state index contributed by atoms with van der Waals surface area (Å²) in [5.41, 5.74) is 1.96. The molecule has 0 aliphatic carbocycles. The van der Waals surface area contributed by atoms with Crippen molar-refractivity contribution in [1.82, 2.24) is 0 Å². The fourth-order valence-electron chi connectivity index (χ4n) is 2.16. The lowest BCUT2D eigenvalue weighted by molar-refractivity contribution is -0.136. The summed E-state index contributed by atoms with van der Waals surface area (Å²) in [4.78, 5) is 22.7. The molecule has 2 rings (SSSR count). The maximum absolute atomic E-state index is 11.7. The quantitative estimate of drug-likeness (QED) is 0.583. The van der Waals surface area contributed by atoms with E-state index in [0.29, 0.717) is 27.1 Å². The minimum atomic E-state index is -0.974. The van der Waals surface area contributed by atoms with Crippen molar-refractivity contribution in [3.63, 3.8) is 0 Å². The molecular formula is C17H15IO4. The van der Waals surface area contributed by atoms with Gasteiger partial charge in [-0.05, 0) is 52.8 Å². The van der Waals surface area contributed by atoms with Gasteiger partial charge in [-0.3, -0.25) is 9.59 Å². The van der Waals surface area contributed by atoms with Gasteiger partial charge in [-0.25, -0.2) is 0 Å². The molecule has 2 aromatic carbocycles. The molecule has 0 aromatic heterocycles. The van der Waals surface area contributed by atoms with Gasteiger partial charge in [-0.15, -0.1) is 0 Å². The summed E-state index contributed by atoms with van der Waals surface area (Å²) in [5.74, 6) is -0.553. The number of hydrogen-bond acceptors (Lipinski definition) is 3. The predicted molar refractivity (Wildman–Crippen MR) is 91.3 cm³/mol. The molecule has 0 atom stereocenters. The van der Waals surface area contributed by atoms with Gasteiger partial charge in [0.05, 0.1) is 6.42 Å². The first-order chi connectivity index (χ1) is 10.5. The van der Waals surface area contributed by atoms with E-state index in [9.17, 15) is 9.59 Å². The van der Waals surface area contributed by atoms with Gasteiger partial charge in [0, 0.05) is 9.13 Å². The molecule has 1 N–H and O–H groups in total. The molecule has 0 saturated heterocycles. The third kappa shape index (κ3) is 4.30. The monoisotopic (exact) mass is 410 g/mol. The van der Waals surface area contributed by atoms with E-state index in [2.05, 4.69) is 0 Å². The summed E-state index contributed by atoms with van der Waals surface area (Å²) >= 11 is 2.03. The van der Waals surface area contributed by atoms with Crippen LogP contribution in [0.1, 0.15) is 28.4 Å². The number of aliphatic carboxylic acids is 1. The average Bonchev–Trinajstić information content (AvgIpc) is 2.44. The van der Waals surface area contributed by atoms with Crippen LogP contribution in [0.5, 0.6) is 5.75 Å². The van der Waals surface area contributed by atoms with Crippen molar-refractivity contribution in [2.75, 3.05) is 0 Å². The van der Waals surface area contributed by atoms with E-state index < -0.39 is 5.97 Å². The van der Waals surface area contributed by atoms with E-state index in [0.717, 1.165) is 5.56 Å².